The average molecular weight is 385 g/mol. The molecule has 4 rings (SSSR count). The lowest BCUT2D eigenvalue weighted by Gasteiger charge is -2.31. The highest BCUT2D eigenvalue weighted by Gasteiger charge is 2.28. The minimum Gasteiger partial charge on any atom is -0.445 e. The predicted octanol–water partition coefficient (Wildman–Crippen LogP) is 3.52. The van der Waals surface area contributed by atoms with Crippen molar-refractivity contribution in [3.8, 4) is 0 Å². The number of likely N-dealkylation sites (tertiary alicyclic amines) is 1. The van der Waals surface area contributed by atoms with Gasteiger partial charge in [0.05, 0.1) is 18.4 Å². The number of carbonyl (C=O) groups excluding carboxylic acids is 1. The van der Waals surface area contributed by atoms with Gasteiger partial charge < -0.3 is 13.9 Å². The maximum Gasteiger partial charge on any atom is 0.242 e. The van der Waals surface area contributed by atoms with E-state index in [9.17, 15) is 4.79 Å². The fourth-order valence-corrected chi connectivity index (χ4v) is 3.67. The Balaban J connectivity index is 1.40. The Labute approximate surface area is 162 Å². The van der Waals surface area contributed by atoms with Crippen LogP contribution < -0.4 is 0 Å². The van der Waals surface area contributed by atoms with Crippen LogP contribution >= 0.6 is 11.6 Å². The van der Waals surface area contributed by atoms with E-state index in [1.54, 1.807) is 29.5 Å². The lowest BCUT2D eigenvalue weighted by Crippen LogP contribution is -2.40. The molecule has 1 saturated heterocycles. The van der Waals surface area contributed by atoms with Crippen molar-refractivity contribution in [3.63, 3.8) is 0 Å². The average Bonchev–Trinajstić information content (AvgIpc) is 3.36. The zero-order chi connectivity index (χ0) is 18.6. The fraction of sp³-hybridized carbons (Fsp3) is 0.350. The van der Waals surface area contributed by atoms with Crippen LogP contribution in [0.4, 0.5) is 0 Å². The van der Waals surface area contributed by atoms with Gasteiger partial charge in [-0.15, -0.1) is 0 Å². The Bertz CT molecular complexity index is 906. The molecule has 0 spiro atoms. The van der Waals surface area contributed by atoms with E-state index in [4.69, 9.17) is 16.0 Å². The zero-order valence-corrected chi connectivity index (χ0v) is 15.7. The highest BCUT2D eigenvalue weighted by molar-refractivity contribution is 6.31. The van der Waals surface area contributed by atoms with Crippen LogP contribution in [0.25, 0.3) is 0 Å². The van der Waals surface area contributed by atoms with Gasteiger partial charge in [0, 0.05) is 36.9 Å². The number of oxazole rings is 1. The van der Waals surface area contributed by atoms with Crippen LogP contribution in [0.5, 0.6) is 0 Å². The Morgan fingerprint density at radius 1 is 1.33 bits per heavy atom. The Morgan fingerprint density at radius 3 is 3.04 bits per heavy atom. The number of benzene rings is 1. The quantitative estimate of drug-likeness (QED) is 0.675. The number of hydrogen-bond donors (Lipinski definition) is 0. The first-order valence-corrected chi connectivity index (χ1v) is 9.48. The number of imidazole rings is 1. The van der Waals surface area contributed by atoms with E-state index >= 15 is 0 Å². The molecule has 1 unspecified atom stereocenters. The molecule has 3 heterocycles. The van der Waals surface area contributed by atoms with E-state index in [1.807, 2.05) is 29.2 Å². The van der Waals surface area contributed by atoms with Crippen molar-refractivity contribution in [2.24, 2.45) is 0 Å². The molecule has 1 fully saturated rings. The van der Waals surface area contributed by atoms with Crippen LogP contribution in [0.15, 0.2) is 53.6 Å². The Morgan fingerprint density at radius 2 is 2.22 bits per heavy atom. The molecule has 1 aromatic carbocycles. The third-order valence-corrected chi connectivity index (χ3v) is 5.26. The summed E-state index contributed by atoms with van der Waals surface area (Å²) in [6, 6.07) is 7.74. The van der Waals surface area contributed by atoms with Crippen molar-refractivity contribution in [2.45, 2.75) is 31.7 Å². The number of rotatable bonds is 5. The van der Waals surface area contributed by atoms with Crippen molar-refractivity contribution in [1.82, 2.24) is 19.4 Å². The molecule has 27 heavy (non-hydrogen) atoms. The number of hydrogen-bond acceptors (Lipinski definition) is 4. The second-order valence-corrected chi connectivity index (χ2v) is 7.25. The summed E-state index contributed by atoms with van der Waals surface area (Å²) in [6.45, 7) is 1.73. The van der Waals surface area contributed by atoms with Crippen molar-refractivity contribution in [2.75, 3.05) is 13.1 Å². The van der Waals surface area contributed by atoms with Crippen molar-refractivity contribution >= 4 is 17.5 Å². The van der Waals surface area contributed by atoms with Gasteiger partial charge in [-0.1, -0.05) is 29.8 Å². The fourth-order valence-electron chi connectivity index (χ4n) is 3.46. The monoisotopic (exact) mass is 384 g/mol. The van der Waals surface area contributed by atoms with Gasteiger partial charge in [0.2, 0.25) is 5.91 Å². The van der Waals surface area contributed by atoms with E-state index in [1.165, 1.54) is 0 Å². The summed E-state index contributed by atoms with van der Waals surface area (Å²) in [5.74, 6) is 1.73. The lowest BCUT2D eigenvalue weighted by atomic mass is 9.98. The molecule has 1 amide bonds. The smallest absolute Gasteiger partial charge is 0.242 e. The minimum absolute atomic E-state index is 0.0977. The van der Waals surface area contributed by atoms with Crippen LogP contribution in [0.2, 0.25) is 5.02 Å². The normalized spacial score (nSPS) is 17.2. The number of amides is 1. The molecule has 2 aromatic heterocycles. The van der Waals surface area contributed by atoms with Gasteiger partial charge in [-0.25, -0.2) is 9.97 Å². The molecule has 7 heteroatoms. The van der Waals surface area contributed by atoms with Gasteiger partial charge in [0.15, 0.2) is 5.89 Å². The third kappa shape index (κ3) is 4.22. The van der Waals surface area contributed by atoms with Crippen LogP contribution in [-0.2, 0) is 17.8 Å². The zero-order valence-electron chi connectivity index (χ0n) is 14.9. The van der Waals surface area contributed by atoms with E-state index in [0.717, 1.165) is 35.7 Å². The second-order valence-electron chi connectivity index (χ2n) is 6.85. The van der Waals surface area contributed by atoms with Crippen molar-refractivity contribution in [3.05, 3.63) is 71.4 Å². The maximum atomic E-state index is 12.5. The van der Waals surface area contributed by atoms with Crippen LogP contribution in [0.1, 0.15) is 36.0 Å². The van der Waals surface area contributed by atoms with Crippen LogP contribution in [0, 0.1) is 0 Å². The topological polar surface area (TPSA) is 64.2 Å². The van der Waals surface area contributed by atoms with Crippen LogP contribution in [-0.4, -0.2) is 38.4 Å². The van der Waals surface area contributed by atoms with Gasteiger partial charge in [-0.3, -0.25) is 4.79 Å². The highest BCUT2D eigenvalue weighted by Crippen LogP contribution is 2.28. The first-order chi connectivity index (χ1) is 13.2. The molecule has 140 valence electrons. The first kappa shape index (κ1) is 17.8. The third-order valence-electron chi connectivity index (χ3n) is 4.89. The van der Waals surface area contributed by atoms with Gasteiger partial charge in [0.25, 0.3) is 0 Å². The summed E-state index contributed by atoms with van der Waals surface area (Å²) >= 11 is 6.23. The highest BCUT2D eigenvalue weighted by atomic mass is 35.5. The molecule has 1 aliphatic heterocycles. The summed E-state index contributed by atoms with van der Waals surface area (Å²) in [7, 11) is 0. The van der Waals surface area contributed by atoms with E-state index in [0.29, 0.717) is 25.4 Å². The summed E-state index contributed by atoms with van der Waals surface area (Å²) < 4.78 is 7.78. The van der Waals surface area contributed by atoms with Gasteiger partial charge in [0.1, 0.15) is 12.3 Å². The first-order valence-electron chi connectivity index (χ1n) is 9.10. The van der Waals surface area contributed by atoms with E-state index < -0.39 is 0 Å². The molecule has 0 aliphatic carbocycles. The Hall–Kier alpha value is -2.60. The lowest BCUT2D eigenvalue weighted by molar-refractivity contribution is -0.133. The van der Waals surface area contributed by atoms with E-state index in [-0.39, 0.29) is 11.8 Å². The predicted molar refractivity (Wildman–Crippen MR) is 102 cm³/mol. The molecule has 1 atom stereocenters. The van der Waals surface area contributed by atoms with Crippen molar-refractivity contribution in [1.29, 1.82) is 0 Å². The number of piperidine rings is 1. The SMILES string of the molecule is O=C(Cn1ccnc1)N1CCCC(c2ncc(Cc3ccccc3Cl)o2)C1. The summed E-state index contributed by atoms with van der Waals surface area (Å²) in [5, 5.41) is 0.726. The molecule has 0 N–H and O–H groups in total. The van der Waals surface area contributed by atoms with E-state index in [2.05, 4.69) is 9.97 Å². The summed E-state index contributed by atoms with van der Waals surface area (Å²) in [4.78, 5) is 22.9. The number of carbonyl (C=O) groups is 1. The molecule has 0 saturated carbocycles. The Kier molecular flexibility index (Phi) is 5.25. The molecule has 0 bridgehead atoms. The van der Waals surface area contributed by atoms with Crippen LogP contribution in [0.3, 0.4) is 0 Å². The molecule has 1 aliphatic rings. The number of aromatic nitrogens is 3. The van der Waals surface area contributed by atoms with Gasteiger partial charge in [-0.2, -0.15) is 0 Å². The summed E-state index contributed by atoms with van der Waals surface area (Å²) in [5.41, 5.74) is 1.02. The summed E-state index contributed by atoms with van der Waals surface area (Å²) in [6.07, 6.45) is 9.44. The molecular formula is C20H21ClN4O2. The second kappa shape index (κ2) is 7.96. The maximum absolute atomic E-state index is 12.5. The number of nitrogens with zero attached hydrogens (tertiary/aromatic N) is 4. The van der Waals surface area contributed by atoms with Gasteiger partial charge in [-0.05, 0) is 24.5 Å². The minimum atomic E-state index is 0.0977. The van der Waals surface area contributed by atoms with Gasteiger partial charge >= 0.3 is 0 Å². The number of halogens is 1. The molecule has 0 radical (unpaired) electrons. The molecule has 6 nitrogen and oxygen atoms in total. The van der Waals surface area contributed by atoms with Crippen molar-refractivity contribution < 1.29 is 9.21 Å². The largest absolute Gasteiger partial charge is 0.445 e. The molecule has 3 aromatic rings. The standard InChI is InChI=1S/C20H21ClN4O2/c21-18-6-2-1-4-15(18)10-17-11-23-20(27-17)16-5-3-8-25(12-16)19(26)13-24-9-7-22-14-24/h1-2,4,6-7,9,11,14,16H,3,5,8,10,12-13H2. The molecular weight excluding hydrogens is 364 g/mol.